The number of hydrogen-bond acceptors (Lipinski definition) is 7. The van der Waals surface area contributed by atoms with Crippen LogP contribution in [0.4, 0.5) is 4.79 Å². The zero-order chi connectivity index (χ0) is 31.6. The fourth-order valence-corrected chi connectivity index (χ4v) is 4.90. The highest BCUT2D eigenvalue weighted by atomic mass is 16.6. The van der Waals surface area contributed by atoms with Gasteiger partial charge >= 0.3 is 12.1 Å². The standard InChI is InChI=1S/C33H43N3O7/c1-22(2)19-26(31(40)43-33(3,4)5)34-29(38)28(37)27-17-12-18-36(27)30(39)25(20-23-13-8-6-9-14-23)35-32(41)42-21-24-15-10-7-11-16-24/h6-11,13-16,22,25-27H,12,17-21H2,1-5H3,(H,34,38)(H,35,41)/t25-,26+,27-/m0/s1. The molecule has 0 spiro atoms. The van der Waals surface area contributed by atoms with E-state index in [1.165, 1.54) is 4.90 Å². The summed E-state index contributed by atoms with van der Waals surface area (Å²) in [5, 5.41) is 5.22. The Bertz CT molecular complexity index is 1260. The van der Waals surface area contributed by atoms with Gasteiger partial charge in [-0.25, -0.2) is 9.59 Å². The summed E-state index contributed by atoms with van der Waals surface area (Å²) in [6.45, 7) is 9.24. The molecule has 1 aliphatic heterocycles. The van der Waals surface area contributed by atoms with E-state index in [-0.39, 0.29) is 38.3 Å². The van der Waals surface area contributed by atoms with E-state index in [0.717, 1.165) is 11.1 Å². The number of benzene rings is 2. The lowest BCUT2D eigenvalue weighted by molar-refractivity contribution is -0.159. The molecule has 1 aliphatic rings. The van der Waals surface area contributed by atoms with Crippen molar-refractivity contribution < 1.29 is 33.4 Å². The number of hydrogen-bond donors (Lipinski definition) is 2. The van der Waals surface area contributed by atoms with Gasteiger partial charge in [-0.3, -0.25) is 14.4 Å². The molecule has 1 saturated heterocycles. The van der Waals surface area contributed by atoms with E-state index < -0.39 is 53.4 Å². The summed E-state index contributed by atoms with van der Waals surface area (Å²) in [6.07, 6.45) is 0.476. The van der Waals surface area contributed by atoms with E-state index in [0.29, 0.717) is 6.42 Å². The molecule has 232 valence electrons. The maximum atomic E-state index is 13.8. The maximum absolute atomic E-state index is 13.8. The number of amides is 3. The first-order chi connectivity index (χ1) is 20.3. The highest BCUT2D eigenvalue weighted by molar-refractivity contribution is 6.38. The molecule has 0 bridgehead atoms. The first kappa shape index (κ1) is 33.3. The molecule has 0 unspecified atom stereocenters. The van der Waals surface area contributed by atoms with Gasteiger partial charge in [0.15, 0.2) is 0 Å². The Labute approximate surface area is 253 Å². The number of esters is 1. The van der Waals surface area contributed by atoms with Crippen LogP contribution in [0.15, 0.2) is 60.7 Å². The molecule has 0 aromatic heterocycles. The van der Waals surface area contributed by atoms with Crippen molar-refractivity contribution in [3.05, 3.63) is 71.8 Å². The fourth-order valence-electron chi connectivity index (χ4n) is 4.90. The van der Waals surface area contributed by atoms with Crippen LogP contribution in [-0.2, 0) is 41.7 Å². The molecule has 10 nitrogen and oxygen atoms in total. The third-order valence-corrected chi connectivity index (χ3v) is 6.85. The molecule has 0 radical (unpaired) electrons. The number of ether oxygens (including phenoxy) is 2. The quantitative estimate of drug-likeness (QED) is 0.281. The summed E-state index contributed by atoms with van der Waals surface area (Å²) in [7, 11) is 0. The van der Waals surface area contributed by atoms with E-state index in [1.807, 2.05) is 74.5 Å². The Morgan fingerprint density at radius 3 is 2.07 bits per heavy atom. The minimum Gasteiger partial charge on any atom is -0.458 e. The van der Waals surface area contributed by atoms with Gasteiger partial charge in [0, 0.05) is 13.0 Å². The van der Waals surface area contributed by atoms with Crippen molar-refractivity contribution in [1.29, 1.82) is 0 Å². The normalized spacial score (nSPS) is 16.2. The molecule has 3 atom stereocenters. The Morgan fingerprint density at radius 1 is 0.884 bits per heavy atom. The number of rotatable bonds is 12. The lowest BCUT2D eigenvalue weighted by Crippen LogP contribution is -2.55. The SMILES string of the molecule is CC(C)C[C@@H](NC(=O)C(=O)[C@@H]1CCCN1C(=O)[C@H](Cc1ccccc1)NC(=O)OCc1ccccc1)C(=O)OC(C)(C)C. The minimum absolute atomic E-state index is 0.0269. The molecule has 1 heterocycles. The van der Waals surface area contributed by atoms with Crippen LogP contribution in [0.5, 0.6) is 0 Å². The number of alkyl carbamates (subject to hydrolysis) is 1. The Balaban J connectivity index is 1.73. The Hall–Kier alpha value is -4.21. The molecule has 3 rings (SSSR count). The van der Waals surface area contributed by atoms with Gasteiger partial charge in [0.05, 0.1) is 0 Å². The van der Waals surface area contributed by atoms with Crippen LogP contribution in [0.3, 0.4) is 0 Å². The van der Waals surface area contributed by atoms with Crippen molar-refractivity contribution in [3.63, 3.8) is 0 Å². The fraction of sp³-hybridized carbons (Fsp3) is 0.485. The van der Waals surface area contributed by atoms with Crippen LogP contribution in [0.1, 0.15) is 65.0 Å². The molecule has 10 heteroatoms. The van der Waals surface area contributed by atoms with Crippen LogP contribution in [-0.4, -0.2) is 64.8 Å². The van der Waals surface area contributed by atoms with Crippen LogP contribution >= 0.6 is 0 Å². The molecule has 2 aromatic carbocycles. The first-order valence-electron chi connectivity index (χ1n) is 14.7. The van der Waals surface area contributed by atoms with Crippen LogP contribution < -0.4 is 10.6 Å². The predicted molar refractivity (Wildman–Crippen MR) is 161 cm³/mol. The number of nitrogens with zero attached hydrogens (tertiary/aromatic N) is 1. The highest BCUT2D eigenvalue weighted by Gasteiger charge is 2.41. The number of Topliss-reactive ketones (excluding diaryl/α,β-unsaturated/α-hetero) is 1. The number of ketones is 1. The Morgan fingerprint density at radius 2 is 1.49 bits per heavy atom. The van der Waals surface area contributed by atoms with Gasteiger partial charge in [0.25, 0.3) is 5.91 Å². The average Bonchev–Trinajstić information content (AvgIpc) is 3.44. The van der Waals surface area contributed by atoms with Gasteiger partial charge in [-0.1, -0.05) is 74.5 Å². The maximum Gasteiger partial charge on any atom is 0.408 e. The second-order valence-corrected chi connectivity index (χ2v) is 12.2. The summed E-state index contributed by atoms with van der Waals surface area (Å²) < 4.78 is 10.8. The predicted octanol–water partition coefficient (Wildman–Crippen LogP) is 3.96. The molecule has 0 saturated carbocycles. The van der Waals surface area contributed by atoms with Crippen LogP contribution in [0.2, 0.25) is 0 Å². The zero-order valence-electron chi connectivity index (χ0n) is 25.6. The molecule has 43 heavy (non-hydrogen) atoms. The van der Waals surface area contributed by atoms with Gasteiger partial charge in [-0.2, -0.15) is 0 Å². The van der Waals surface area contributed by atoms with Crippen molar-refractivity contribution >= 4 is 29.7 Å². The van der Waals surface area contributed by atoms with Gasteiger partial charge in [0.2, 0.25) is 11.7 Å². The summed E-state index contributed by atoms with van der Waals surface area (Å²) in [5.74, 6) is -2.83. The molecule has 2 aromatic rings. The van der Waals surface area contributed by atoms with Gasteiger partial charge < -0.3 is 25.0 Å². The second-order valence-electron chi connectivity index (χ2n) is 12.2. The average molecular weight is 594 g/mol. The molecular formula is C33H43N3O7. The summed E-state index contributed by atoms with van der Waals surface area (Å²) in [6, 6.07) is 15.3. The third-order valence-electron chi connectivity index (χ3n) is 6.85. The summed E-state index contributed by atoms with van der Waals surface area (Å²) in [4.78, 5) is 67.2. The highest BCUT2D eigenvalue weighted by Crippen LogP contribution is 2.21. The first-order valence-corrected chi connectivity index (χ1v) is 14.7. The third kappa shape index (κ3) is 10.5. The largest absolute Gasteiger partial charge is 0.458 e. The Kier molecular flexibility index (Phi) is 11.9. The van der Waals surface area contributed by atoms with Crippen molar-refractivity contribution in [1.82, 2.24) is 15.5 Å². The summed E-state index contributed by atoms with van der Waals surface area (Å²) in [5.41, 5.74) is 0.832. The van der Waals surface area contributed by atoms with Gasteiger partial charge in [-0.05, 0) is 57.1 Å². The molecule has 3 amide bonds. The number of carbonyl (C=O) groups excluding carboxylic acids is 5. The lowest BCUT2D eigenvalue weighted by Gasteiger charge is -2.29. The van der Waals surface area contributed by atoms with Gasteiger partial charge in [0.1, 0.15) is 30.3 Å². The summed E-state index contributed by atoms with van der Waals surface area (Å²) >= 11 is 0. The number of nitrogens with one attached hydrogen (secondary N) is 2. The lowest BCUT2D eigenvalue weighted by atomic mass is 10.0. The van der Waals surface area contributed by atoms with E-state index in [9.17, 15) is 24.0 Å². The molecule has 1 fully saturated rings. The molecule has 2 N–H and O–H groups in total. The van der Waals surface area contributed by atoms with Crippen LogP contribution in [0.25, 0.3) is 0 Å². The van der Waals surface area contributed by atoms with E-state index >= 15 is 0 Å². The molecular weight excluding hydrogens is 550 g/mol. The van der Waals surface area contributed by atoms with Crippen molar-refractivity contribution in [2.24, 2.45) is 5.92 Å². The zero-order valence-corrected chi connectivity index (χ0v) is 25.6. The minimum atomic E-state index is -1.03. The molecule has 0 aliphatic carbocycles. The van der Waals surface area contributed by atoms with Crippen molar-refractivity contribution in [3.8, 4) is 0 Å². The van der Waals surface area contributed by atoms with E-state index in [2.05, 4.69) is 10.6 Å². The number of carbonyl (C=O) groups is 5. The number of likely N-dealkylation sites (tertiary alicyclic amines) is 1. The van der Waals surface area contributed by atoms with E-state index in [1.54, 1.807) is 20.8 Å². The smallest absolute Gasteiger partial charge is 0.408 e. The van der Waals surface area contributed by atoms with Crippen LogP contribution in [0, 0.1) is 5.92 Å². The monoisotopic (exact) mass is 593 g/mol. The van der Waals surface area contributed by atoms with Crippen molar-refractivity contribution in [2.75, 3.05) is 6.54 Å². The van der Waals surface area contributed by atoms with E-state index in [4.69, 9.17) is 9.47 Å². The van der Waals surface area contributed by atoms with Crippen molar-refractivity contribution in [2.45, 2.75) is 90.6 Å². The topological polar surface area (TPSA) is 131 Å². The van der Waals surface area contributed by atoms with Gasteiger partial charge in [-0.15, -0.1) is 0 Å². The second kappa shape index (κ2) is 15.3.